The van der Waals surface area contributed by atoms with Gasteiger partial charge in [-0.3, -0.25) is 9.48 Å². The largest absolute Gasteiger partial charge is 0.371 e. The third kappa shape index (κ3) is 3.20. The van der Waals surface area contributed by atoms with Crippen molar-refractivity contribution in [3.8, 4) is 0 Å². The Bertz CT molecular complexity index is 648. The van der Waals surface area contributed by atoms with E-state index >= 15 is 0 Å². The molecule has 0 radical (unpaired) electrons. The molecule has 1 aromatic heterocycles. The van der Waals surface area contributed by atoms with Gasteiger partial charge in [-0.05, 0) is 25.3 Å². The molecule has 1 saturated heterocycles. The molecule has 2 aromatic rings. The van der Waals surface area contributed by atoms with Crippen molar-refractivity contribution in [2.45, 2.75) is 31.9 Å². The second kappa shape index (κ2) is 6.32. The maximum atomic E-state index is 12.3. The molecule has 2 heterocycles. The number of amides is 1. The average Bonchev–Trinajstić information content (AvgIpc) is 2.95. The van der Waals surface area contributed by atoms with Gasteiger partial charge >= 0.3 is 0 Å². The van der Waals surface area contributed by atoms with Crippen LogP contribution in [0.5, 0.6) is 0 Å². The number of carbonyl (C=O) groups excluding carboxylic acids is 1. The first-order valence-electron chi connectivity index (χ1n) is 7.61. The van der Waals surface area contributed by atoms with Gasteiger partial charge < -0.3 is 10.1 Å². The number of hydrogen-bond acceptors (Lipinski definition) is 3. The molecule has 0 aliphatic carbocycles. The van der Waals surface area contributed by atoms with E-state index in [-0.39, 0.29) is 18.1 Å². The molecule has 1 aliphatic rings. The van der Waals surface area contributed by atoms with Crippen molar-refractivity contribution in [3.63, 3.8) is 0 Å². The van der Waals surface area contributed by atoms with Crippen LogP contribution in [-0.2, 0) is 11.8 Å². The number of hydrogen-bond donors (Lipinski definition) is 1. The first-order chi connectivity index (χ1) is 10.6. The number of aromatic nitrogens is 2. The maximum absolute atomic E-state index is 12.3. The van der Waals surface area contributed by atoms with Crippen molar-refractivity contribution < 1.29 is 9.53 Å². The highest BCUT2D eigenvalue weighted by molar-refractivity contribution is 5.93. The number of aryl methyl sites for hydroxylation is 2. The van der Waals surface area contributed by atoms with Crippen LogP contribution in [0.15, 0.2) is 36.7 Å². The fourth-order valence-electron chi connectivity index (χ4n) is 2.80. The molecule has 0 unspecified atom stereocenters. The minimum atomic E-state index is -0.0966. The van der Waals surface area contributed by atoms with E-state index in [2.05, 4.69) is 41.6 Å². The molecule has 0 saturated carbocycles. The Labute approximate surface area is 130 Å². The van der Waals surface area contributed by atoms with Gasteiger partial charge in [0.25, 0.3) is 5.91 Å². The average molecular weight is 299 g/mol. The SMILES string of the molecule is Cc1ccc([C@H]2OCCC[C@H]2NC(=O)c2cnn(C)c2)cc1. The van der Waals surface area contributed by atoms with Crippen LogP contribution in [0, 0.1) is 6.92 Å². The van der Waals surface area contributed by atoms with Gasteiger partial charge in [-0.1, -0.05) is 29.8 Å². The van der Waals surface area contributed by atoms with E-state index in [0.717, 1.165) is 25.0 Å². The van der Waals surface area contributed by atoms with E-state index in [1.807, 2.05) is 0 Å². The first kappa shape index (κ1) is 14.8. The van der Waals surface area contributed by atoms with Crippen molar-refractivity contribution in [3.05, 3.63) is 53.3 Å². The first-order valence-corrected chi connectivity index (χ1v) is 7.61. The molecule has 116 valence electrons. The lowest BCUT2D eigenvalue weighted by molar-refractivity contribution is -0.00946. The molecule has 1 amide bonds. The third-order valence-corrected chi connectivity index (χ3v) is 4.01. The van der Waals surface area contributed by atoms with Crippen molar-refractivity contribution >= 4 is 5.91 Å². The predicted molar refractivity (Wildman–Crippen MR) is 83.6 cm³/mol. The zero-order chi connectivity index (χ0) is 15.5. The molecule has 1 fully saturated rings. The molecule has 5 nitrogen and oxygen atoms in total. The van der Waals surface area contributed by atoms with E-state index in [0.29, 0.717) is 5.56 Å². The normalized spacial score (nSPS) is 21.5. The molecular weight excluding hydrogens is 278 g/mol. The predicted octanol–water partition coefficient (Wildman–Crippen LogP) is 2.38. The highest BCUT2D eigenvalue weighted by Crippen LogP contribution is 2.28. The highest BCUT2D eigenvalue weighted by Gasteiger charge is 2.29. The number of nitrogens with one attached hydrogen (secondary N) is 1. The summed E-state index contributed by atoms with van der Waals surface area (Å²) in [5, 5.41) is 7.14. The van der Waals surface area contributed by atoms with Crippen LogP contribution < -0.4 is 5.32 Å². The standard InChI is InChI=1S/C17H21N3O2/c1-12-5-7-13(8-6-12)16-15(4-3-9-22-16)19-17(21)14-10-18-20(2)11-14/h5-8,10-11,15-16H,3-4,9H2,1-2H3,(H,19,21)/t15-,16-/m1/s1. The smallest absolute Gasteiger partial charge is 0.254 e. The summed E-state index contributed by atoms with van der Waals surface area (Å²) < 4.78 is 7.55. The lowest BCUT2D eigenvalue weighted by Gasteiger charge is -2.32. The Morgan fingerprint density at radius 2 is 2.14 bits per heavy atom. The summed E-state index contributed by atoms with van der Waals surface area (Å²) in [6, 6.07) is 8.30. The molecule has 3 rings (SSSR count). The highest BCUT2D eigenvalue weighted by atomic mass is 16.5. The maximum Gasteiger partial charge on any atom is 0.254 e. The lowest BCUT2D eigenvalue weighted by atomic mass is 9.95. The molecular formula is C17H21N3O2. The van der Waals surface area contributed by atoms with E-state index in [1.54, 1.807) is 24.1 Å². The van der Waals surface area contributed by atoms with Crippen LogP contribution in [0.25, 0.3) is 0 Å². The molecule has 1 aromatic carbocycles. The van der Waals surface area contributed by atoms with E-state index < -0.39 is 0 Å². The van der Waals surface area contributed by atoms with Crippen molar-refractivity contribution in [2.75, 3.05) is 6.61 Å². The Balaban J connectivity index is 1.75. The zero-order valence-electron chi connectivity index (χ0n) is 13.0. The van der Waals surface area contributed by atoms with Gasteiger partial charge in [0.15, 0.2) is 0 Å². The fourth-order valence-corrected chi connectivity index (χ4v) is 2.80. The van der Waals surface area contributed by atoms with Crippen LogP contribution in [0.1, 0.15) is 40.4 Å². The molecule has 2 atom stereocenters. The van der Waals surface area contributed by atoms with Gasteiger partial charge in [0.2, 0.25) is 0 Å². The quantitative estimate of drug-likeness (QED) is 0.946. The van der Waals surface area contributed by atoms with Gasteiger partial charge in [0.05, 0.1) is 17.8 Å². The third-order valence-electron chi connectivity index (χ3n) is 4.01. The van der Waals surface area contributed by atoms with Gasteiger partial charge in [-0.2, -0.15) is 5.10 Å². The summed E-state index contributed by atoms with van der Waals surface area (Å²) in [6.45, 7) is 2.80. The second-order valence-electron chi connectivity index (χ2n) is 5.83. The fraction of sp³-hybridized carbons (Fsp3) is 0.412. The Kier molecular flexibility index (Phi) is 4.24. The summed E-state index contributed by atoms with van der Waals surface area (Å²) in [5.41, 5.74) is 2.91. The van der Waals surface area contributed by atoms with Crippen LogP contribution in [-0.4, -0.2) is 28.3 Å². The van der Waals surface area contributed by atoms with Gasteiger partial charge in [-0.25, -0.2) is 0 Å². The van der Waals surface area contributed by atoms with E-state index in [1.165, 1.54) is 5.56 Å². The summed E-state index contributed by atoms with van der Waals surface area (Å²) in [4.78, 5) is 12.3. The number of ether oxygens (including phenoxy) is 1. The number of benzene rings is 1. The van der Waals surface area contributed by atoms with Gasteiger partial charge in [-0.15, -0.1) is 0 Å². The van der Waals surface area contributed by atoms with Crippen LogP contribution >= 0.6 is 0 Å². The minimum absolute atomic E-state index is 0.0100. The second-order valence-corrected chi connectivity index (χ2v) is 5.83. The Morgan fingerprint density at radius 1 is 1.36 bits per heavy atom. The minimum Gasteiger partial charge on any atom is -0.371 e. The van der Waals surface area contributed by atoms with Crippen molar-refractivity contribution in [2.24, 2.45) is 7.05 Å². The molecule has 1 N–H and O–H groups in total. The number of rotatable bonds is 3. The Morgan fingerprint density at radius 3 is 2.82 bits per heavy atom. The Hall–Kier alpha value is -2.14. The molecule has 1 aliphatic heterocycles. The van der Waals surface area contributed by atoms with Gasteiger partial charge in [0, 0.05) is 19.9 Å². The topological polar surface area (TPSA) is 56.1 Å². The zero-order valence-corrected chi connectivity index (χ0v) is 13.0. The van der Waals surface area contributed by atoms with Crippen LogP contribution in [0.2, 0.25) is 0 Å². The van der Waals surface area contributed by atoms with E-state index in [4.69, 9.17) is 4.74 Å². The molecule has 0 bridgehead atoms. The summed E-state index contributed by atoms with van der Waals surface area (Å²) in [5.74, 6) is -0.0966. The van der Waals surface area contributed by atoms with E-state index in [9.17, 15) is 4.79 Å². The molecule has 5 heteroatoms. The van der Waals surface area contributed by atoms with Crippen molar-refractivity contribution in [1.29, 1.82) is 0 Å². The summed E-state index contributed by atoms with van der Waals surface area (Å²) in [6.07, 6.45) is 5.10. The number of nitrogens with zero attached hydrogens (tertiary/aromatic N) is 2. The van der Waals surface area contributed by atoms with Crippen LogP contribution in [0.4, 0.5) is 0 Å². The molecule has 0 spiro atoms. The van der Waals surface area contributed by atoms with Gasteiger partial charge in [0.1, 0.15) is 6.10 Å². The lowest BCUT2D eigenvalue weighted by Crippen LogP contribution is -2.42. The summed E-state index contributed by atoms with van der Waals surface area (Å²) >= 11 is 0. The number of carbonyl (C=O) groups is 1. The van der Waals surface area contributed by atoms with Crippen molar-refractivity contribution in [1.82, 2.24) is 15.1 Å². The monoisotopic (exact) mass is 299 g/mol. The van der Waals surface area contributed by atoms with Crippen LogP contribution in [0.3, 0.4) is 0 Å². The molecule has 22 heavy (non-hydrogen) atoms. The summed E-state index contributed by atoms with van der Waals surface area (Å²) in [7, 11) is 1.80.